The molecule has 4 rings (SSSR count). The number of hydrogen-bond donors (Lipinski definition) is 2. The molecule has 2 N–H and O–H groups in total. The summed E-state index contributed by atoms with van der Waals surface area (Å²) in [5, 5.41) is 7.10. The van der Waals surface area contributed by atoms with Crippen LogP contribution in [0.2, 0.25) is 0 Å². The lowest BCUT2D eigenvalue weighted by Gasteiger charge is -2.38. The Hall–Kier alpha value is -2.28. The molecular formula is C23H30FN5S. The predicted octanol–water partition coefficient (Wildman–Crippen LogP) is 4.71. The molecule has 5 nitrogen and oxygen atoms in total. The Balaban J connectivity index is 1.43. The maximum atomic E-state index is 13.4. The lowest BCUT2D eigenvalue weighted by atomic mass is 9.69. The van der Waals surface area contributed by atoms with E-state index < -0.39 is 0 Å². The van der Waals surface area contributed by atoms with Gasteiger partial charge in [-0.15, -0.1) is 0 Å². The van der Waals surface area contributed by atoms with E-state index in [9.17, 15) is 4.39 Å². The van der Waals surface area contributed by atoms with E-state index in [0.717, 1.165) is 44.0 Å². The molecule has 1 aromatic carbocycles. The molecule has 30 heavy (non-hydrogen) atoms. The summed E-state index contributed by atoms with van der Waals surface area (Å²) in [6.45, 7) is 4.78. The van der Waals surface area contributed by atoms with Crippen molar-refractivity contribution >= 4 is 29.1 Å². The number of rotatable bonds is 5. The molecular weight excluding hydrogens is 397 g/mol. The topological polar surface area (TPSA) is 53.1 Å². The number of nitrogens with zero attached hydrogens (tertiary/aromatic N) is 3. The highest BCUT2D eigenvalue weighted by atomic mass is 32.1. The average Bonchev–Trinajstić information content (AvgIpc) is 3.28. The molecule has 160 valence electrons. The highest BCUT2D eigenvalue weighted by Gasteiger charge is 2.34. The Bertz CT molecular complexity index is 874. The van der Waals surface area contributed by atoms with Crippen LogP contribution in [0.5, 0.6) is 0 Å². The highest BCUT2D eigenvalue weighted by molar-refractivity contribution is 7.80. The van der Waals surface area contributed by atoms with Crippen LogP contribution in [-0.2, 0) is 5.41 Å². The minimum atomic E-state index is -0.194. The molecule has 0 atom stereocenters. The van der Waals surface area contributed by atoms with Gasteiger partial charge in [0.25, 0.3) is 0 Å². The second-order valence-corrected chi connectivity index (χ2v) is 8.95. The average molecular weight is 428 g/mol. The van der Waals surface area contributed by atoms with Crippen molar-refractivity contribution in [3.8, 4) is 0 Å². The van der Waals surface area contributed by atoms with Crippen molar-refractivity contribution in [2.24, 2.45) is 0 Å². The monoisotopic (exact) mass is 427 g/mol. The molecule has 2 fully saturated rings. The molecule has 0 amide bonds. The van der Waals surface area contributed by atoms with E-state index >= 15 is 0 Å². The van der Waals surface area contributed by atoms with Crippen molar-refractivity contribution in [1.82, 2.24) is 15.3 Å². The van der Waals surface area contributed by atoms with Crippen molar-refractivity contribution in [3.05, 3.63) is 47.4 Å². The van der Waals surface area contributed by atoms with Gasteiger partial charge in [0, 0.05) is 36.8 Å². The second-order valence-electron chi connectivity index (χ2n) is 8.54. The van der Waals surface area contributed by atoms with Gasteiger partial charge in [0.05, 0.1) is 0 Å². The zero-order valence-electron chi connectivity index (χ0n) is 17.6. The molecule has 7 heteroatoms. The minimum absolute atomic E-state index is 0.0220. The SMILES string of the molecule is Cc1cc(N2CCCC2)nc(NC(=S)NCC2(c3ccc(F)cc3)CCCCC2)n1. The Morgan fingerprint density at radius 3 is 2.47 bits per heavy atom. The smallest absolute Gasteiger partial charge is 0.231 e. The summed E-state index contributed by atoms with van der Waals surface area (Å²) in [6, 6.07) is 8.99. The van der Waals surface area contributed by atoms with Gasteiger partial charge in [0.1, 0.15) is 11.6 Å². The fraction of sp³-hybridized carbons (Fsp3) is 0.522. The van der Waals surface area contributed by atoms with Gasteiger partial charge in [-0.25, -0.2) is 9.37 Å². The summed E-state index contributed by atoms with van der Waals surface area (Å²) < 4.78 is 13.4. The molecule has 0 bridgehead atoms. The molecule has 1 aliphatic carbocycles. The van der Waals surface area contributed by atoms with Crippen LogP contribution in [0.25, 0.3) is 0 Å². The second kappa shape index (κ2) is 9.25. The Labute approximate surface area is 183 Å². The van der Waals surface area contributed by atoms with E-state index in [0.29, 0.717) is 11.1 Å². The van der Waals surface area contributed by atoms with Gasteiger partial charge in [0.2, 0.25) is 5.95 Å². The first kappa shape index (κ1) is 21.0. The molecule has 1 saturated carbocycles. The lowest BCUT2D eigenvalue weighted by Crippen LogP contribution is -2.43. The molecule has 1 aromatic heterocycles. The van der Waals surface area contributed by atoms with Crippen molar-refractivity contribution in [2.45, 2.75) is 57.3 Å². The molecule has 0 spiro atoms. The van der Waals surface area contributed by atoms with Gasteiger partial charge in [-0.2, -0.15) is 4.98 Å². The zero-order valence-corrected chi connectivity index (χ0v) is 18.4. The van der Waals surface area contributed by atoms with E-state index in [4.69, 9.17) is 12.2 Å². The number of aryl methyl sites for hydroxylation is 1. The fourth-order valence-corrected chi connectivity index (χ4v) is 4.87. The van der Waals surface area contributed by atoms with E-state index in [1.54, 1.807) is 12.1 Å². The molecule has 2 heterocycles. The first-order chi connectivity index (χ1) is 14.5. The minimum Gasteiger partial charge on any atom is -0.361 e. The van der Waals surface area contributed by atoms with E-state index in [2.05, 4.69) is 25.5 Å². The van der Waals surface area contributed by atoms with E-state index in [-0.39, 0.29) is 11.2 Å². The number of aromatic nitrogens is 2. The highest BCUT2D eigenvalue weighted by Crippen LogP contribution is 2.39. The van der Waals surface area contributed by atoms with Gasteiger partial charge in [-0.1, -0.05) is 31.4 Å². The van der Waals surface area contributed by atoms with Crippen LogP contribution in [-0.4, -0.2) is 34.7 Å². The van der Waals surface area contributed by atoms with Crippen LogP contribution in [0.4, 0.5) is 16.2 Å². The first-order valence-corrected chi connectivity index (χ1v) is 11.4. The number of hydrogen-bond acceptors (Lipinski definition) is 4. The van der Waals surface area contributed by atoms with Crippen LogP contribution < -0.4 is 15.5 Å². The first-order valence-electron chi connectivity index (χ1n) is 11.0. The van der Waals surface area contributed by atoms with Crippen LogP contribution in [0.1, 0.15) is 56.2 Å². The lowest BCUT2D eigenvalue weighted by molar-refractivity contribution is 0.292. The van der Waals surface area contributed by atoms with Crippen LogP contribution in [0.15, 0.2) is 30.3 Å². The number of halogens is 1. The summed E-state index contributed by atoms with van der Waals surface area (Å²) >= 11 is 5.57. The zero-order chi connectivity index (χ0) is 21.0. The summed E-state index contributed by atoms with van der Waals surface area (Å²) in [7, 11) is 0. The van der Waals surface area contributed by atoms with Crippen molar-refractivity contribution in [1.29, 1.82) is 0 Å². The summed E-state index contributed by atoms with van der Waals surface area (Å²) in [5.74, 6) is 1.30. The van der Waals surface area contributed by atoms with Gasteiger partial charge in [0.15, 0.2) is 5.11 Å². The maximum absolute atomic E-state index is 13.4. The predicted molar refractivity (Wildman–Crippen MR) is 124 cm³/mol. The van der Waals surface area contributed by atoms with Gasteiger partial charge in [-0.3, -0.25) is 0 Å². The number of benzene rings is 1. The molecule has 2 aliphatic rings. The summed E-state index contributed by atoms with van der Waals surface area (Å²) in [5.41, 5.74) is 2.08. The number of nitrogens with one attached hydrogen (secondary N) is 2. The molecule has 0 radical (unpaired) electrons. The normalized spacial score (nSPS) is 18.3. The number of thiocarbonyl (C=S) groups is 1. The van der Waals surface area contributed by atoms with Gasteiger partial charge in [-0.05, 0) is 62.5 Å². The number of anilines is 2. The van der Waals surface area contributed by atoms with Crippen molar-refractivity contribution in [2.75, 3.05) is 29.9 Å². The quantitative estimate of drug-likeness (QED) is 0.674. The summed E-state index contributed by atoms with van der Waals surface area (Å²) in [6.07, 6.45) is 8.18. The standard InChI is InChI=1S/C23H30FN5S/c1-17-15-20(29-13-5-6-14-29)27-21(26-17)28-22(30)25-16-23(11-3-2-4-12-23)18-7-9-19(24)10-8-18/h7-10,15H,2-6,11-14,16H2,1H3,(H2,25,26,27,28,30). The Morgan fingerprint density at radius 1 is 1.07 bits per heavy atom. The Kier molecular flexibility index (Phi) is 6.46. The maximum Gasteiger partial charge on any atom is 0.231 e. The van der Waals surface area contributed by atoms with E-state index in [1.807, 2.05) is 25.1 Å². The largest absolute Gasteiger partial charge is 0.361 e. The Morgan fingerprint density at radius 2 is 1.77 bits per heavy atom. The van der Waals surface area contributed by atoms with Crippen LogP contribution >= 0.6 is 12.2 Å². The third-order valence-electron chi connectivity index (χ3n) is 6.35. The van der Waals surface area contributed by atoms with Gasteiger partial charge < -0.3 is 15.5 Å². The molecule has 1 saturated heterocycles. The van der Waals surface area contributed by atoms with Crippen LogP contribution in [0, 0.1) is 12.7 Å². The molecule has 0 unspecified atom stereocenters. The summed E-state index contributed by atoms with van der Waals surface area (Å²) in [4.78, 5) is 11.5. The van der Waals surface area contributed by atoms with Crippen molar-refractivity contribution in [3.63, 3.8) is 0 Å². The fourth-order valence-electron chi connectivity index (χ4n) is 4.71. The van der Waals surface area contributed by atoms with E-state index in [1.165, 1.54) is 37.7 Å². The molecule has 2 aromatic rings. The van der Waals surface area contributed by atoms with Gasteiger partial charge >= 0.3 is 0 Å². The van der Waals surface area contributed by atoms with Crippen LogP contribution in [0.3, 0.4) is 0 Å². The van der Waals surface area contributed by atoms with Crippen molar-refractivity contribution < 1.29 is 4.39 Å². The molecule has 1 aliphatic heterocycles. The third-order valence-corrected chi connectivity index (χ3v) is 6.60. The third kappa shape index (κ3) is 4.89.